The maximum Gasteiger partial charge on any atom is 0.472 e. The number of carbonyl (C=O) groups excluding carboxylic acids is 2. The van der Waals surface area contributed by atoms with Crippen LogP contribution in [0, 0.1) is 0 Å². The molecule has 0 aromatic rings. The van der Waals surface area contributed by atoms with Crippen molar-refractivity contribution in [3.8, 4) is 0 Å². The Morgan fingerprint density at radius 1 is 0.525 bits per heavy atom. The second kappa shape index (κ2) is 43.0. The lowest BCUT2D eigenvalue weighted by Gasteiger charge is -2.20. The molecule has 0 heterocycles. The Bertz CT molecular complexity index is 1300. The zero-order chi connectivity index (χ0) is 43.3. The molecule has 0 aliphatic rings. The van der Waals surface area contributed by atoms with Gasteiger partial charge in [-0.2, -0.15) is 0 Å². The fourth-order valence-corrected chi connectivity index (χ4v) is 6.22. The second-order valence-corrected chi connectivity index (χ2v) is 15.8. The van der Waals surface area contributed by atoms with E-state index in [-0.39, 0.29) is 19.4 Å². The molecule has 0 spiro atoms. The van der Waals surface area contributed by atoms with E-state index in [1.807, 2.05) is 24.3 Å². The van der Waals surface area contributed by atoms with Crippen LogP contribution < -0.4 is 0 Å². The molecule has 0 aromatic heterocycles. The van der Waals surface area contributed by atoms with Crippen molar-refractivity contribution in [1.29, 1.82) is 0 Å². The molecule has 3 N–H and O–H groups in total. The number of aliphatic hydroxyl groups excluding tert-OH is 2. The zero-order valence-corrected chi connectivity index (χ0v) is 37.3. The molecule has 0 aliphatic carbocycles. The molecule has 3 atom stereocenters. The van der Waals surface area contributed by atoms with E-state index in [4.69, 9.17) is 19.1 Å². The number of ether oxygens (including phenoxy) is 2. The number of phosphoric ester groups is 1. The Kier molecular flexibility index (Phi) is 40.7. The lowest BCUT2D eigenvalue weighted by atomic mass is 10.1. The monoisotopic (exact) mass is 847 g/mol. The summed E-state index contributed by atoms with van der Waals surface area (Å²) in [6.07, 6.45) is 52.3. The van der Waals surface area contributed by atoms with Crippen LogP contribution in [-0.4, -0.2) is 65.7 Å². The maximum atomic E-state index is 12.6. The SMILES string of the molecule is CC/C=C/C=C/C=C/CCCCCCCC(=O)OC(COC(=O)CCCCCCCCC/C=C/C/C=C/C/C=C/C/C=C/C/C=C/CC)COP(=O)(O)OC[C@H](O)CO. The molecule has 59 heavy (non-hydrogen) atoms. The summed E-state index contributed by atoms with van der Waals surface area (Å²) in [7, 11) is -4.63. The van der Waals surface area contributed by atoms with Crippen LogP contribution in [-0.2, 0) is 32.7 Å². The average molecular weight is 847 g/mol. The smallest absolute Gasteiger partial charge is 0.462 e. The third-order valence-corrected chi connectivity index (χ3v) is 9.75. The third kappa shape index (κ3) is 42.8. The Labute approximate surface area is 357 Å². The van der Waals surface area contributed by atoms with Crippen LogP contribution in [0.4, 0.5) is 0 Å². The van der Waals surface area contributed by atoms with Crippen molar-refractivity contribution in [2.24, 2.45) is 0 Å². The summed E-state index contributed by atoms with van der Waals surface area (Å²) in [5, 5.41) is 18.3. The van der Waals surface area contributed by atoms with Gasteiger partial charge in [-0.25, -0.2) is 4.57 Å². The van der Waals surface area contributed by atoms with Gasteiger partial charge in [0.1, 0.15) is 12.7 Å². The summed E-state index contributed by atoms with van der Waals surface area (Å²) >= 11 is 0. The van der Waals surface area contributed by atoms with Crippen molar-refractivity contribution >= 4 is 19.8 Å². The van der Waals surface area contributed by atoms with Crippen LogP contribution in [0.15, 0.2) is 97.2 Å². The van der Waals surface area contributed by atoms with Crippen LogP contribution in [0.2, 0.25) is 0 Å². The molecule has 10 nitrogen and oxygen atoms in total. The zero-order valence-electron chi connectivity index (χ0n) is 36.4. The standard InChI is InChI=1S/C48H79O10P/c1-3-5-7-9-11-13-15-17-18-19-20-21-22-23-24-25-26-28-29-31-33-35-37-39-47(51)55-43-46(44-57-59(53,54)56-42-45(50)41-49)58-48(52)40-38-36-34-32-30-27-16-14-12-10-8-6-4-2/h5-8,10-14,16-18,20-21,23-24,45-46,49-50H,3-4,9,15,19,22,25-44H2,1-2H3,(H,53,54)/b7-5+,8-6+,12-10+,13-11+,16-14+,18-17+,21-20+,24-23+/t45-,46?/m1/s1. The predicted molar refractivity (Wildman–Crippen MR) is 242 cm³/mol. The van der Waals surface area contributed by atoms with Crippen molar-refractivity contribution in [2.45, 2.75) is 167 Å². The third-order valence-electron chi connectivity index (χ3n) is 8.79. The van der Waals surface area contributed by atoms with Crippen molar-refractivity contribution in [2.75, 3.05) is 26.4 Å². The van der Waals surface area contributed by atoms with E-state index in [2.05, 4.69) is 91.3 Å². The van der Waals surface area contributed by atoms with Crippen LogP contribution in [0.5, 0.6) is 0 Å². The van der Waals surface area contributed by atoms with Gasteiger partial charge in [0.05, 0.1) is 19.8 Å². The van der Waals surface area contributed by atoms with E-state index in [9.17, 15) is 24.2 Å². The Balaban J connectivity index is 4.28. The van der Waals surface area contributed by atoms with Gasteiger partial charge < -0.3 is 24.6 Å². The topological polar surface area (TPSA) is 149 Å². The van der Waals surface area contributed by atoms with Crippen LogP contribution in [0.3, 0.4) is 0 Å². The van der Waals surface area contributed by atoms with Gasteiger partial charge in [0.25, 0.3) is 0 Å². The highest BCUT2D eigenvalue weighted by Crippen LogP contribution is 2.43. The molecule has 0 rings (SSSR count). The summed E-state index contributed by atoms with van der Waals surface area (Å²) in [4.78, 5) is 35.0. The molecule has 336 valence electrons. The van der Waals surface area contributed by atoms with Gasteiger partial charge in [0, 0.05) is 12.8 Å². The Hall–Kier alpha value is -3.11. The molecule has 0 aromatic carbocycles. The highest BCUT2D eigenvalue weighted by molar-refractivity contribution is 7.47. The molecule has 0 amide bonds. The van der Waals surface area contributed by atoms with E-state index in [0.717, 1.165) is 103 Å². The maximum absolute atomic E-state index is 12.6. The first kappa shape index (κ1) is 55.9. The van der Waals surface area contributed by atoms with Gasteiger partial charge in [-0.05, 0) is 77.0 Å². The van der Waals surface area contributed by atoms with Crippen LogP contribution in [0.25, 0.3) is 0 Å². The molecule has 0 bridgehead atoms. The van der Waals surface area contributed by atoms with Gasteiger partial charge in [-0.3, -0.25) is 18.6 Å². The quantitative estimate of drug-likeness (QED) is 0.0179. The molecule has 0 saturated carbocycles. The summed E-state index contributed by atoms with van der Waals surface area (Å²) < 4.78 is 32.7. The first-order valence-electron chi connectivity index (χ1n) is 22.2. The predicted octanol–water partition coefficient (Wildman–Crippen LogP) is 12.0. The first-order chi connectivity index (χ1) is 28.7. The molecule has 0 radical (unpaired) electrons. The Morgan fingerprint density at radius 3 is 1.51 bits per heavy atom. The summed E-state index contributed by atoms with van der Waals surface area (Å²) in [5.41, 5.74) is 0. The highest BCUT2D eigenvalue weighted by atomic mass is 31.2. The van der Waals surface area contributed by atoms with E-state index >= 15 is 0 Å². The number of aliphatic hydroxyl groups is 2. The van der Waals surface area contributed by atoms with Crippen molar-refractivity contribution in [3.05, 3.63) is 97.2 Å². The fourth-order valence-electron chi connectivity index (χ4n) is 5.43. The minimum absolute atomic E-state index is 0.153. The Morgan fingerprint density at radius 2 is 0.966 bits per heavy atom. The number of hydrogen-bond donors (Lipinski definition) is 3. The van der Waals surface area contributed by atoms with Crippen molar-refractivity contribution in [3.63, 3.8) is 0 Å². The molecule has 0 aliphatic heterocycles. The summed E-state index contributed by atoms with van der Waals surface area (Å²) in [5.74, 6) is -0.972. The van der Waals surface area contributed by atoms with Gasteiger partial charge in [0.15, 0.2) is 6.10 Å². The van der Waals surface area contributed by atoms with E-state index in [0.29, 0.717) is 12.8 Å². The summed E-state index contributed by atoms with van der Waals surface area (Å²) in [6, 6.07) is 0. The minimum Gasteiger partial charge on any atom is -0.462 e. The van der Waals surface area contributed by atoms with E-state index in [1.165, 1.54) is 12.8 Å². The number of phosphoric acid groups is 1. The van der Waals surface area contributed by atoms with Crippen LogP contribution >= 0.6 is 7.82 Å². The van der Waals surface area contributed by atoms with Gasteiger partial charge in [-0.15, -0.1) is 0 Å². The average Bonchev–Trinajstić information content (AvgIpc) is 3.22. The number of allylic oxidation sites excluding steroid dienone is 16. The lowest BCUT2D eigenvalue weighted by molar-refractivity contribution is -0.161. The minimum atomic E-state index is -4.63. The van der Waals surface area contributed by atoms with Crippen molar-refractivity contribution < 1.29 is 47.8 Å². The first-order valence-corrected chi connectivity index (χ1v) is 23.7. The van der Waals surface area contributed by atoms with E-state index in [1.54, 1.807) is 0 Å². The number of unbranched alkanes of at least 4 members (excludes halogenated alkanes) is 12. The molecule has 2 unspecified atom stereocenters. The molecule has 11 heteroatoms. The number of rotatable bonds is 40. The molecule has 0 fully saturated rings. The highest BCUT2D eigenvalue weighted by Gasteiger charge is 2.27. The number of carbonyl (C=O) groups is 2. The van der Waals surface area contributed by atoms with Gasteiger partial charge in [0.2, 0.25) is 0 Å². The number of hydrogen-bond acceptors (Lipinski definition) is 9. The molecule has 0 saturated heterocycles. The lowest BCUT2D eigenvalue weighted by Crippen LogP contribution is -2.29. The number of esters is 2. The largest absolute Gasteiger partial charge is 0.472 e. The normalized spacial score (nSPS) is 14.7. The summed E-state index contributed by atoms with van der Waals surface area (Å²) in [6.45, 7) is 2.07. The second-order valence-electron chi connectivity index (χ2n) is 14.4. The fraction of sp³-hybridized carbons (Fsp3) is 0.625. The van der Waals surface area contributed by atoms with Crippen molar-refractivity contribution in [1.82, 2.24) is 0 Å². The van der Waals surface area contributed by atoms with Crippen LogP contribution in [0.1, 0.15) is 155 Å². The van der Waals surface area contributed by atoms with Gasteiger partial charge in [-0.1, -0.05) is 162 Å². The molecular weight excluding hydrogens is 767 g/mol. The van der Waals surface area contributed by atoms with E-state index < -0.39 is 51.8 Å². The van der Waals surface area contributed by atoms with Gasteiger partial charge >= 0.3 is 19.8 Å². The molecular formula is C48H79O10P.